The van der Waals surface area contributed by atoms with Crippen LogP contribution in [-0.4, -0.2) is 84.9 Å². The molecule has 0 saturated carbocycles. The Kier molecular flexibility index (Phi) is 5.74. The Hall–Kier alpha value is -1.82. The van der Waals surface area contributed by atoms with E-state index in [1.54, 1.807) is 18.4 Å². The van der Waals surface area contributed by atoms with Gasteiger partial charge in [0.15, 0.2) is 0 Å². The number of likely N-dealkylation sites (N-methyl/N-ethyl adjacent to an activating group) is 1. The number of aromatic nitrogens is 2. The third-order valence-electron chi connectivity index (χ3n) is 5.57. The molecule has 0 radical (unpaired) electrons. The minimum atomic E-state index is -3.59. The van der Waals surface area contributed by atoms with E-state index in [4.69, 9.17) is 4.52 Å². The number of nitrogens with zero attached hydrogens (tertiary/aromatic N) is 5. The van der Waals surface area contributed by atoms with Crippen molar-refractivity contribution in [2.45, 2.75) is 24.0 Å². The Balaban J connectivity index is 1.39. The van der Waals surface area contributed by atoms with Crippen molar-refractivity contribution in [3.63, 3.8) is 0 Å². The first-order chi connectivity index (χ1) is 13.8. The average Bonchev–Trinajstić information content (AvgIpc) is 3.37. The van der Waals surface area contributed by atoms with Crippen LogP contribution < -0.4 is 0 Å². The van der Waals surface area contributed by atoms with Crippen LogP contribution in [0.4, 0.5) is 0 Å². The van der Waals surface area contributed by atoms with Crippen LogP contribution in [0.1, 0.15) is 18.7 Å². The van der Waals surface area contributed by atoms with Gasteiger partial charge < -0.3 is 14.3 Å². The van der Waals surface area contributed by atoms with E-state index >= 15 is 0 Å². The molecule has 2 fully saturated rings. The van der Waals surface area contributed by atoms with Crippen molar-refractivity contribution < 1.29 is 17.7 Å². The van der Waals surface area contributed by atoms with Gasteiger partial charge in [0.05, 0.1) is 0 Å². The van der Waals surface area contributed by atoms with Gasteiger partial charge in [0.2, 0.25) is 17.6 Å². The Labute approximate surface area is 174 Å². The molecule has 1 amide bonds. The zero-order valence-corrected chi connectivity index (χ0v) is 18.2. The normalized spacial score (nSPS) is 20.3. The lowest BCUT2D eigenvalue weighted by Gasteiger charge is -2.37. The predicted octanol–water partition coefficient (Wildman–Crippen LogP) is 1.28. The number of piperidine rings is 1. The van der Waals surface area contributed by atoms with Crippen molar-refractivity contribution in [2.75, 3.05) is 46.3 Å². The molecule has 9 nitrogen and oxygen atoms in total. The summed E-state index contributed by atoms with van der Waals surface area (Å²) in [6.45, 7) is 5.69. The summed E-state index contributed by atoms with van der Waals surface area (Å²) in [6, 6.07) is 1.59. The first kappa shape index (κ1) is 20.5. The van der Waals surface area contributed by atoms with E-state index in [0.717, 1.165) is 37.5 Å². The number of carbonyl (C=O) groups is 1. The number of piperazine rings is 1. The zero-order valence-electron chi connectivity index (χ0n) is 16.6. The fourth-order valence-corrected chi connectivity index (χ4v) is 6.52. The fourth-order valence-electron chi connectivity index (χ4n) is 3.74. The molecule has 2 aromatic heterocycles. The highest BCUT2D eigenvalue weighted by Crippen LogP contribution is 2.31. The van der Waals surface area contributed by atoms with Crippen LogP contribution in [0.25, 0.3) is 11.4 Å². The van der Waals surface area contributed by atoms with Gasteiger partial charge in [0.1, 0.15) is 4.21 Å². The molecule has 0 unspecified atom stereocenters. The summed E-state index contributed by atoms with van der Waals surface area (Å²) in [5.74, 6) is 0.895. The molecule has 0 bridgehead atoms. The van der Waals surface area contributed by atoms with Crippen molar-refractivity contribution >= 4 is 27.3 Å². The quantitative estimate of drug-likeness (QED) is 0.707. The third-order valence-corrected chi connectivity index (χ3v) is 8.89. The van der Waals surface area contributed by atoms with E-state index in [-0.39, 0.29) is 16.0 Å². The molecule has 2 aliphatic rings. The monoisotopic (exact) mass is 439 g/mol. The van der Waals surface area contributed by atoms with E-state index in [1.165, 1.54) is 4.31 Å². The number of hydrogen-bond donors (Lipinski definition) is 0. The molecule has 158 valence electrons. The number of rotatable bonds is 4. The summed E-state index contributed by atoms with van der Waals surface area (Å²) in [5, 5.41) is 5.56. The average molecular weight is 440 g/mol. The molecule has 0 N–H and O–H groups in total. The van der Waals surface area contributed by atoms with Gasteiger partial charge >= 0.3 is 0 Å². The lowest BCUT2D eigenvalue weighted by molar-refractivity contribution is -0.138. The van der Waals surface area contributed by atoms with Crippen LogP contribution in [0, 0.1) is 12.8 Å². The molecule has 29 heavy (non-hydrogen) atoms. The Morgan fingerprint density at radius 2 is 1.86 bits per heavy atom. The summed E-state index contributed by atoms with van der Waals surface area (Å²) < 4.78 is 32.8. The van der Waals surface area contributed by atoms with E-state index in [1.807, 2.05) is 4.90 Å². The van der Waals surface area contributed by atoms with Crippen molar-refractivity contribution in [1.82, 2.24) is 24.2 Å². The number of carbonyl (C=O) groups excluding carboxylic acids is 1. The third kappa shape index (κ3) is 4.23. The maximum atomic E-state index is 13.0. The van der Waals surface area contributed by atoms with Crippen LogP contribution in [0.15, 0.2) is 20.2 Å². The first-order valence-corrected chi connectivity index (χ1v) is 12.0. The molecule has 4 heterocycles. The van der Waals surface area contributed by atoms with E-state index < -0.39 is 10.0 Å². The summed E-state index contributed by atoms with van der Waals surface area (Å²) >= 11 is 1.15. The fraction of sp³-hybridized carbons (Fsp3) is 0.611. The number of hydrogen-bond acceptors (Lipinski definition) is 8. The summed E-state index contributed by atoms with van der Waals surface area (Å²) in [4.78, 5) is 21.0. The maximum absolute atomic E-state index is 13.0. The molecule has 2 saturated heterocycles. The smallest absolute Gasteiger partial charge is 0.252 e. The lowest BCUT2D eigenvalue weighted by Crippen LogP contribution is -2.50. The van der Waals surface area contributed by atoms with Gasteiger partial charge in [-0.3, -0.25) is 4.79 Å². The molecule has 0 aliphatic carbocycles. The maximum Gasteiger partial charge on any atom is 0.252 e. The minimum Gasteiger partial charge on any atom is -0.340 e. The Bertz CT molecular complexity index is 970. The molecule has 0 aromatic carbocycles. The molecular formula is C18H25N5O4S2. The molecule has 2 aromatic rings. The number of sulfonamides is 1. The highest BCUT2D eigenvalue weighted by Gasteiger charge is 2.35. The lowest BCUT2D eigenvalue weighted by atomic mass is 9.96. The second-order valence-electron chi connectivity index (χ2n) is 7.60. The molecule has 0 spiro atoms. The summed E-state index contributed by atoms with van der Waals surface area (Å²) in [6.07, 6.45) is 1.12. The number of amides is 1. The van der Waals surface area contributed by atoms with Crippen molar-refractivity contribution in [1.29, 1.82) is 0 Å². The minimum absolute atomic E-state index is 0.0916. The van der Waals surface area contributed by atoms with Crippen LogP contribution in [0.2, 0.25) is 0 Å². The van der Waals surface area contributed by atoms with Gasteiger partial charge in [0, 0.05) is 63.1 Å². The molecule has 2 aliphatic heterocycles. The van der Waals surface area contributed by atoms with Gasteiger partial charge in [-0.25, -0.2) is 8.42 Å². The van der Waals surface area contributed by atoms with Crippen molar-refractivity contribution in [3.05, 3.63) is 17.3 Å². The zero-order chi connectivity index (χ0) is 20.6. The second-order valence-corrected chi connectivity index (χ2v) is 10.7. The Morgan fingerprint density at radius 3 is 2.48 bits per heavy atom. The van der Waals surface area contributed by atoms with Gasteiger partial charge in [-0.15, -0.1) is 11.3 Å². The standard InChI is InChI=1S/C18H25N5O4S2/c1-13-19-17(20-27-13)15-11-16(28-12-15)29(25,26)23-5-3-14(4-6-23)18(24)22-9-7-21(2)8-10-22/h11-12,14H,3-10H2,1-2H3. The Morgan fingerprint density at radius 1 is 1.17 bits per heavy atom. The van der Waals surface area contributed by atoms with Crippen LogP contribution in [-0.2, 0) is 14.8 Å². The molecule has 0 atom stereocenters. The van der Waals surface area contributed by atoms with Gasteiger partial charge in [-0.2, -0.15) is 9.29 Å². The summed E-state index contributed by atoms with van der Waals surface area (Å²) in [5.41, 5.74) is 0.630. The molecular weight excluding hydrogens is 414 g/mol. The predicted molar refractivity (Wildman–Crippen MR) is 108 cm³/mol. The van der Waals surface area contributed by atoms with Gasteiger partial charge in [0.25, 0.3) is 10.0 Å². The topological polar surface area (TPSA) is 99.8 Å². The van der Waals surface area contributed by atoms with E-state index in [0.29, 0.717) is 43.2 Å². The van der Waals surface area contributed by atoms with Crippen molar-refractivity contribution in [2.24, 2.45) is 5.92 Å². The van der Waals surface area contributed by atoms with Crippen molar-refractivity contribution in [3.8, 4) is 11.4 Å². The van der Waals surface area contributed by atoms with Crippen LogP contribution in [0.3, 0.4) is 0 Å². The summed E-state index contributed by atoms with van der Waals surface area (Å²) in [7, 11) is -1.53. The SMILES string of the molecule is Cc1nc(-c2csc(S(=O)(=O)N3CCC(C(=O)N4CCN(C)CC4)CC3)c2)no1. The van der Waals surface area contributed by atoms with Gasteiger partial charge in [-0.1, -0.05) is 5.16 Å². The molecule has 4 rings (SSSR count). The largest absolute Gasteiger partial charge is 0.340 e. The highest BCUT2D eigenvalue weighted by atomic mass is 32.2. The number of thiophene rings is 1. The molecule has 11 heteroatoms. The highest BCUT2D eigenvalue weighted by molar-refractivity contribution is 7.91. The number of aryl methyl sites for hydroxylation is 1. The van der Waals surface area contributed by atoms with E-state index in [9.17, 15) is 13.2 Å². The first-order valence-electron chi connectivity index (χ1n) is 9.71. The van der Waals surface area contributed by atoms with Crippen LogP contribution >= 0.6 is 11.3 Å². The second kappa shape index (κ2) is 8.13. The van der Waals surface area contributed by atoms with E-state index in [2.05, 4.69) is 22.1 Å². The van der Waals surface area contributed by atoms with Crippen LogP contribution in [0.5, 0.6) is 0 Å². The van der Waals surface area contributed by atoms with Gasteiger partial charge in [-0.05, 0) is 26.0 Å².